The summed E-state index contributed by atoms with van der Waals surface area (Å²) in [4.78, 5) is 72.5. The van der Waals surface area contributed by atoms with Crippen LogP contribution in [0.5, 0.6) is 0 Å². The molecule has 0 amide bonds. The van der Waals surface area contributed by atoms with Gasteiger partial charge >= 0.3 is 39.5 Å². The van der Waals surface area contributed by atoms with Crippen molar-refractivity contribution in [3.8, 4) is 0 Å². The SMILES string of the molecule is CCCCCC/C=C\C=C/CCCCCCCC(=O)O[C@H](COC(=O)CCCCCCCCCCC(C)CC)COP(=O)(O)OC[C@@H](O)COP(=O)(O)OC[C@@H](COC(=O)CCCCCCCCCC(C)C)OC(=O)CCCCCCCCCCCCCC. The van der Waals surface area contributed by atoms with Crippen molar-refractivity contribution in [1.82, 2.24) is 0 Å². The monoisotopic (exact) mass is 1310 g/mol. The Labute approximate surface area is 542 Å². The Morgan fingerprint density at radius 2 is 0.663 bits per heavy atom. The molecule has 17 nitrogen and oxygen atoms in total. The second-order valence-corrected chi connectivity index (χ2v) is 28.2. The van der Waals surface area contributed by atoms with E-state index in [2.05, 4.69) is 65.8 Å². The van der Waals surface area contributed by atoms with Crippen molar-refractivity contribution in [1.29, 1.82) is 0 Å². The molecule has 19 heteroatoms. The van der Waals surface area contributed by atoms with Gasteiger partial charge in [0.05, 0.1) is 26.4 Å². The average Bonchev–Trinajstić information content (AvgIpc) is 3.68. The van der Waals surface area contributed by atoms with E-state index in [1.54, 1.807) is 0 Å². The molecule has 0 saturated carbocycles. The van der Waals surface area contributed by atoms with Crippen molar-refractivity contribution in [2.24, 2.45) is 11.8 Å². The number of carbonyl (C=O) groups excluding carboxylic acids is 4. The van der Waals surface area contributed by atoms with E-state index in [-0.39, 0.29) is 25.7 Å². The smallest absolute Gasteiger partial charge is 0.462 e. The Bertz CT molecular complexity index is 1830. The number of phosphoric ester groups is 2. The Morgan fingerprint density at radius 1 is 0.371 bits per heavy atom. The van der Waals surface area contributed by atoms with Crippen LogP contribution in [0, 0.1) is 11.8 Å². The van der Waals surface area contributed by atoms with Gasteiger partial charge in [-0.05, 0) is 63.2 Å². The molecule has 0 aliphatic carbocycles. The van der Waals surface area contributed by atoms with Gasteiger partial charge in [-0.1, -0.05) is 278 Å². The van der Waals surface area contributed by atoms with Gasteiger partial charge in [-0.15, -0.1) is 0 Å². The summed E-state index contributed by atoms with van der Waals surface area (Å²) in [6, 6.07) is 0. The van der Waals surface area contributed by atoms with Gasteiger partial charge in [0, 0.05) is 25.7 Å². The van der Waals surface area contributed by atoms with E-state index < -0.39 is 97.5 Å². The first kappa shape index (κ1) is 86.5. The molecule has 3 N–H and O–H groups in total. The van der Waals surface area contributed by atoms with Gasteiger partial charge < -0.3 is 33.8 Å². The summed E-state index contributed by atoms with van der Waals surface area (Å²) < 4.78 is 68.2. The first-order valence-corrected chi connectivity index (χ1v) is 38.8. The molecule has 0 radical (unpaired) electrons. The molecule has 0 fully saturated rings. The minimum atomic E-state index is -4.96. The summed E-state index contributed by atoms with van der Waals surface area (Å²) in [5.74, 6) is -0.677. The van der Waals surface area contributed by atoms with Gasteiger partial charge in [-0.2, -0.15) is 0 Å². The third kappa shape index (κ3) is 62.7. The Hall–Kier alpha value is -2.46. The van der Waals surface area contributed by atoms with E-state index in [9.17, 15) is 43.2 Å². The van der Waals surface area contributed by atoms with E-state index in [0.717, 1.165) is 115 Å². The maximum absolute atomic E-state index is 13.0. The molecule has 0 aromatic heterocycles. The number of rotatable bonds is 67. The Morgan fingerprint density at radius 3 is 1.01 bits per heavy atom. The summed E-state index contributed by atoms with van der Waals surface area (Å²) in [5.41, 5.74) is 0. The fraction of sp³-hybridized carbons (Fsp3) is 0.886. The molecular formula is C70H132O17P2. The van der Waals surface area contributed by atoms with Crippen molar-refractivity contribution >= 4 is 39.5 Å². The van der Waals surface area contributed by atoms with Crippen molar-refractivity contribution in [2.45, 2.75) is 349 Å². The van der Waals surface area contributed by atoms with Crippen LogP contribution in [0.15, 0.2) is 24.3 Å². The molecule has 0 heterocycles. The summed E-state index contributed by atoms with van der Waals surface area (Å²) in [7, 11) is -9.91. The molecule has 0 aliphatic heterocycles. The van der Waals surface area contributed by atoms with E-state index in [1.807, 2.05) is 0 Å². The predicted octanol–water partition coefficient (Wildman–Crippen LogP) is 19.5. The first-order valence-electron chi connectivity index (χ1n) is 35.8. The molecule has 89 heavy (non-hydrogen) atoms. The van der Waals surface area contributed by atoms with Crippen LogP contribution in [0.2, 0.25) is 0 Å². The van der Waals surface area contributed by atoms with Crippen LogP contribution in [0.1, 0.15) is 330 Å². The number of aliphatic hydroxyl groups is 1. The average molecular weight is 1310 g/mol. The standard InChI is InChI=1S/C70H132O17P2/c1-7-10-12-14-16-18-20-22-23-24-26-28-36-43-49-55-70(75)86-65(58-80-67(72)52-46-40-34-30-29-33-39-45-51-63(6)9-3)60-84-88(76,77)82-56-64(71)57-83-89(78,79)85-61-66(59-81-68(73)53-47-41-37-31-32-38-44-50-62(4)5)87-69(74)54-48-42-35-27-25-21-19-17-15-13-11-8-2/h18,20,22-23,62-66,71H,7-17,19,21,24-61H2,1-6H3,(H,76,77)(H,78,79)/b20-18-,23-22-/t63?,64-,65-,66-/m1/s1. The van der Waals surface area contributed by atoms with Gasteiger partial charge in [0.2, 0.25) is 0 Å². The zero-order valence-electron chi connectivity index (χ0n) is 57.2. The van der Waals surface area contributed by atoms with Crippen molar-refractivity contribution in [2.75, 3.05) is 39.6 Å². The number of esters is 4. The second kappa shape index (κ2) is 61.7. The molecule has 0 saturated heterocycles. The Balaban J connectivity index is 5.30. The third-order valence-corrected chi connectivity index (χ3v) is 17.8. The van der Waals surface area contributed by atoms with E-state index >= 15 is 0 Å². The maximum atomic E-state index is 13.0. The number of allylic oxidation sites excluding steroid dienone is 4. The molecule has 0 aromatic rings. The quantitative estimate of drug-likeness (QED) is 0.0169. The normalized spacial score (nSPS) is 14.6. The van der Waals surface area contributed by atoms with Crippen LogP contribution < -0.4 is 0 Å². The number of carbonyl (C=O) groups is 4. The van der Waals surface area contributed by atoms with Gasteiger partial charge in [-0.3, -0.25) is 37.3 Å². The number of phosphoric acid groups is 2. The largest absolute Gasteiger partial charge is 0.472 e. The molecule has 6 atom stereocenters. The topological polar surface area (TPSA) is 237 Å². The Kier molecular flexibility index (Phi) is 60.0. The van der Waals surface area contributed by atoms with Crippen LogP contribution in [0.4, 0.5) is 0 Å². The molecule has 524 valence electrons. The lowest BCUT2D eigenvalue weighted by Crippen LogP contribution is -2.30. The number of ether oxygens (including phenoxy) is 4. The van der Waals surface area contributed by atoms with Gasteiger partial charge in [0.15, 0.2) is 12.2 Å². The van der Waals surface area contributed by atoms with Crippen LogP contribution >= 0.6 is 15.6 Å². The predicted molar refractivity (Wildman–Crippen MR) is 358 cm³/mol. The summed E-state index contributed by atoms with van der Waals surface area (Å²) in [6.45, 7) is 9.42. The number of aliphatic hydroxyl groups excluding tert-OH is 1. The third-order valence-electron chi connectivity index (χ3n) is 15.9. The molecule has 0 spiro atoms. The molecule has 3 unspecified atom stereocenters. The summed E-state index contributed by atoms with van der Waals surface area (Å²) in [6.07, 6.45) is 49.3. The van der Waals surface area contributed by atoms with Crippen LogP contribution in [0.3, 0.4) is 0 Å². The van der Waals surface area contributed by atoms with Crippen molar-refractivity contribution in [3.05, 3.63) is 24.3 Å². The van der Waals surface area contributed by atoms with Gasteiger partial charge in [-0.25, -0.2) is 9.13 Å². The van der Waals surface area contributed by atoms with Gasteiger partial charge in [0.25, 0.3) is 0 Å². The highest BCUT2D eigenvalue weighted by atomic mass is 31.2. The highest BCUT2D eigenvalue weighted by Gasteiger charge is 2.30. The molecule has 0 bridgehead atoms. The number of hydrogen-bond donors (Lipinski definition) is 3. The lowest BCUT2D eigenvalue weighted by molar-refractivity contribution is -0.161. The summed E-state index contributed by atoms with van der Waals surface area (Å²) >= 11 is 0. The van der Waals surface area contributed by atoms with Crippen molar-refractivity contribution < 1.29 is 80.2 Å². The fourth-order valence-electron chi connectivity index (χ4n) is 10.0. The lowest BCUT2D eigenvalue weighted by Gasteiger charge is -2.21. The van der Waals surface area contributed by atoms with E-state index in [4.69, 9.17) is 37.0 Å². The minimum Gasteiger partial charge on any atom is -0.462 e. The number of unbranched alkanes of at least 4 members (excludes halogenated alkanes) is 33. The molecule has 0 aliphatic rings. The number of hydrogen-bond acceptors (Lipinski definition) is 15. The zero-order chi connectivity index (χ0) is 65.7. The molecular weight excluding hydrogens is 1170 g/mol. The second-order valence-electron chi connectivity index (χ2n) is 25.3. The van der Waals surface area contributed by atoms with Crippen molar-refractivity contribution in [3.63, 3.8) is 0 Å². The highest BCUT2D eigenvalue weighted by Crippen LogP contribution is 2.45. The van der Waals surface area contributed by atoms with Crippen LogP contribution in [-0.2, 0) is 65.4 Å². The van der Waals surface area contributed by atoms with Gasteiger partial charge in [0.1, 0.15) is 19.3 Å². The molecule has 0 rings (SSSR count). The molecule has 0 aromatic carbocycles. The maximum Gasteiger partial charge on any atom is 0.472 e. The highest BCUT2D eigenvalue weighted by molar-refractivity contribution is 7.47. The first-order chi connectivity index (χ1) is 42.9. The van der Waals surface area contributed by atoms with E-state index in [0.29, 0.717) is 31.6 Å². The fourth-order valence-corrected chi connectivity index (χ4v) is 11.6. The minimum absolute atomic E-state index is 0.0843. The summed E-state index contributed by atoms with van der Waals surface area (Å²) in [5, 5.41) is 10.6. The zero-order valence-corrected chi connectivity index (χ0v) is 59.0. The van der Waals surface area contributed by atoms with Crippen LogP contribution in [-0.4, -0.2) is 96.7 Å². The lowest BCUT2D eigenvalue weighted by atomic mass is 9.99. The van der Waals surface area contributed by atoms with Crippen LogP contribution in [0.25, 0.3) is 0 Å². The van der Waals surface area contributed by atoms with E-state index in [1.165, 1.54) is 128 Å².